The number of benzene rings is 2. The van der Waals surface area contributed by atoms with Gasteiger partial charge in [-0.2, -0.15) is 0 Å². The monoisotopic (exact) mass is 488 g/mol. The Labute approximate surface area is 213 Å². The molecule has 0 heterocycles. The van der Waals surface area contributed by atoms with E-state index in [0.29, 0.717) is 13.2 Å². The minimum atomic E-state index is -1.80. The maximum Gasteiger partial charge on any atom is 0.205 e. The van der Waals surface area contributed by atoms with Crippen molar-refractivity contribution in [3.63, 3.8) is 0 Å². The van der Waals surface area contributed by atoms with Gasteiger partial charge in [-0.15, -0.1) is 0 Å². The fourth-order valence-corrected chi connectivity index (χ4v) is 3.48. The normalized spacial score (nSPS) is 20.7. The van der Waals surface area contributed by atoms with Gasteiger partial charge < -0.3 is 29.2 Å². The molecule has 6 heteroatoms. The molecule has 0 fully saturated rings. The SMILES string of the molecule is CCOC1=CC(O)(C#CCOCc2ccccc2)C(OCC)=CC1(O)C#CCOCc1ccccc1. The lowest BCUT2D eigenvalue weighted by molar-refractivity contribution is 0.0416. The number of aliphatic hydroxyl groups is 2. The topological polar surface area (TPSA) is 77.4 Å². The van der Waals surface area contributed by atoms with Crippen LogP contribution in [0.4, 0.5) is 0 Å². The van der Waals surface area contributed by atoms with E-state index in [1.54, 1.807) is 13.8 Å². The molecule has 188 valence electrons. The summed E-state index contributed by atoms with van der Waals surface area (Å²) in [4.78, 5) is 0. The zero-order valence-corrected chi connectivity index (χ0v) is 20.7. The lowest BCUT2D eigenvalue weighted by Gasteiger charge is -2.33. The molecule has 2 aromatic rings. The van der Waals surface area contributed by atoms with Crippen LogP contribution in [0.5, 0.6) is 0 Å². The summed E-state index contributed by atoms with van der Waals surface area (Å²) in [5, 5.41) is 22.6. The molecule has 0 saturated heterocycles. The molecule has 0 bridgehead atoms. The van der Waals surface area contributed by atoms with Crippen molar-refractivity contribution >= 4 is 0 Å². The molecule has 0 radical (unpaired) electrons. The third-order valence-corrected chi connectivity index (χ3v) is 5.16. The Morgan fingerprint density at radius 2 is 1.03 bits per heavy atom. The molecule has 2 N–H and O–H groups in total. The smallest absolute Gasteiger partial charge is 0.205 e. The number of hydrogen-bond donors (Lipinski definition) is 2. The fourth-order valence-electron chi connectivity index (χ4n) is 3.48. The summed E-state index contributed by atoms with van der Waals surface area (Å²) in [5.41, 5.74) is -1.54. The van der Waals surface area contributed by atoms with E-state index in [1.165, 1.54) is 12.2 Å². The average Bonchev–Trinajstić information content (AvgIpc) is 2.88. The number of ether oxygens (including phenoxy) is 4. The van der Waals surface area contributed by atoms with Gasteiger partial charge in [0.15, 0.2) is 0 Å². The van der Waals surface area contributed by atoms with Crippen molar-refractivity contribution in [3.8, 4) is 23.7 Å². The highest BCUT2D eigenvalue weighted by Crippen LogP contribution is 2.34. The summed E-state index contributed by atoms with van der Waals surface area (Å²) in [6, 6.07) is 19.5. The van der Waals surface area contributed by atoms with Crippen molar-refractivity contribution < 1.29 is 29.2 Å². The Kier molecular flexibility index (Phi) is 10.2. The highest BCUT2D eigenvalue weighted by Gasteiger charge is 2.43. The van der Waals surface area contributed by atoms with Gasteiger partial charge in [-0.1, -0.05) is 84.3 Å². The van der Waals surface area contributed by atoms with Gasteiger partial charge in [-0.05, 0) is 25.0 Å². The van der Waals surface area contributed by atoms with Crippen LogP contribution in [0.1, 0.15) is 25.0 Å². The van der Waals surface area contributed by atoms with Gasteiger partial charge in [0.05, 0.1) is 26.4 Å². The Morgan fingerprint density at radius 1 is 0.639 bits per heavy atom. The maximum absolute atomic E-state index is 11.3. The van der Waals surface area contributed by atoms with Crippen molar-refractivity contribution in [1.29, 1.82) is 0 Å². The molecule has 0 aromatic heterocycles. The summed E-state index contributed by atoms with van der Waals surface area (Å²) in [7, 11) is 0. The fraction of sp³-hybridized carbons (Fsp3) is 0.333. The van der Waals surface area contributed by atoms with E-state index in [1.807, 2.05) is 60.7 Å². The molecular weight excluding hydrogens is 456 g/mol. The van der Waals surface area contributed by atoms with E-state index >= 15 is 0 Å². The molecule has 2 atom stereocenters. The lowest BCUT2D eigenvalue weighted by Crippen LogP contribution is -2.41. The van der Waals surface area contributed by atoms with Crippen LogP contribution in [-0.4, -0.2) is 47.8 Å². The Morgan fingerprint density at radius 3 is 1.39 bits per heavy atom. The van der Waals surface area contributed by atoms with E-state index in [-0.39, 0.29) is 37.9 Å². The van der Waals surface area contributed by atoms with Crippen LogP contribution in [0.2, 0.25) is 0 Å². The Balaban J connectivity index is 1.71. The molecule has 0 spiro atoms. The first-order chi connectivity index (χ1) is 17.5. The average molecular weight is 489 g/mol. The zero-order valence-electron chi connectivity index (χ0n) is 20.7. The first kappa shape index (κ1) is 27.1. The van der Waals surface area contributed by atoms with Crippen LogP contribution in [0.3, 0.4) is 0 Å². The van der Waals surface area contributed by atoms with Crippen molar-refractivity contribution in [2.75, 3.05) is 26.4 Å². The minimum absolute atomic E-state index is 0.0750. The predicted molar refractivity (Wildman–Crippen MR) is 137 cm³/mol. The van der Waals surface area contributed by atoms with Crippen LogP contribution in [0, 0.1) is 23.7 Å². The molecule has 0 aliphatic heterocycles. The zero-order chi connectivity index (χ0) is 25.7. The summed E-state index contributed by atoms with van der Waals surface area (Å²) in [6.07, 6.45) is 2.68. The molecule has 2 aromatic carbocycles. The van der Waals surface area contributed by atoms with Crippen molar-refractivity contribution in [1.82, 2.24) is 0 Å². The quantitative estimate of drug-likeness (QED) is 0.392. The first-order valence-corrected chi connectivity index (χ1v) is 11.9. The molecule has 6 nitrogen and oxygen atoms in total. The summed E-state index contributed by atoms with van der Waals surface area (Å²) in [5.74, 6) is 11.4. The summed E-state index contributed by atoms with van der Waals surface area (Å²) in [6.45, 7) is 5.12. The van der Waals surface area contributed by atoms with Crippen LogP contribution in [0.25, 0.3) is 0 Å². The van der Waals surface area contributed by atoms with E-state index in [0.717, 1.165) is 11.1 Å². The summed E-state index contributed by atoms with van der Waals surface area (Å²) < 4.78 is 22.5. The maximum atomic E-state index is 11.3. The van der Waals surface area contributed by atoms with E-state index < -0.39 is 11.2 Å². The minimum Gasteiger partial charge on any atom is -0.494 e. The van der Waals surface area contributed by atoms with Crippen molar-refractivity contribution in [3.05, 3.63) is 95.5 Å². The molecule has 0 amide bonds. The van der Waals surface area contributed by atoms with Gasteiger partial charge in [0.1, 0.15) is 24.7 Å². The molecule has 1 aliphatic carbocycles. The standard InChI is InChI=1S/C30H32O6/c1-3-35-27-21-30(32,18-12-20-34-24-26-15-9-6-10-16-26)28(36-4-2)22-29(27,31)17-11-19-33-23-25-13-7-5-8-14-25/h5-10,13-16,21-22,31-32H,3-4,19-20,23-24H2,1-2H3. The van der Waals surface area contributed by atoms with Gasteiger partial charge in [0.2, 0.25) is 11.2 Å². The summed E-state index contributed by atoms with van der Waals surface area (Å²) >= 11 is 0. The highest BCUT2D eigenvalue weighted by atomic mass is 16.5. The lowest BCUT2D eigenvalue weighted by atomic mass is 9.86. The highest BCUT2D eigenvalue weighted by molar-refractivity contribution is 5.49. The van der Waals surface area contributed by atoms with Gasteiger partial charge in [0.25, 0.3) is 0 Å². The van der Waals surface area contributed by atoms with Crippen LogP contribution >= 0.6 is 0 Å². The van der Waals surface area contributed by atoms with Crippen molar-refractivity contribution in [2.45, 2.75) is 38.3 Å². The molecule has 0 saturated carbocycles. The van der Waals surface area contributed by atoms with E-state index in [4.69, 9.17) is 18.9 Å². The molecule has 36 heavy (non-hydrogen) atoms. The van der Waals surface area contributed by atoms with Crippen molar-refractivity contribution in [2.24, 2.45) is 0 Å². The third-order valence-electron chi connectivity index (χ3n) is 5.16. The second-order valence-electron chi connectivity index (χ2n) is 7.98. The second kappa shape index (κ2) is 13.5. The van der Waals surface area contributed by atoms with Gasteiger partial charge >= 0.3 is 0 Å². The molecule has 3 rings (SSSR count). The van der Waals surface area contributed by atoms with Gasteiger partial charge in [0, 0.05) is 12.2 Å². The van der Waals surface area contributed by atoms with Crippen LogP contribution in [-0.2, 0) is 32.2 Å². The predicted octanol–water partition coefficient (Wildman–Crippen LogP) is 3.74. The van der Waals surface area contributed by atoms with Gasteiger partial charge in [-0.3, -0.25) is 0 Å². The Bertz CT molecular complexity index is 1060. The van der Waals surface area contributed by atoms with Crippen LogP contribution < -0.4 is 0 Å². The Hall–Kier alpha value is -3.52. The number of hydrogen-bond acceptors (Lipinski definition) is 6. The molecular formula is C30H32O6. The largest absolute Gasteiger partial charge is 0.494 e. The third kappa shape index (κ3) is 7.75. The number of rotatable bonds is 10. The molecule has 1 aliphatic rings. The second-order valence-corrected chi connectivity index (χ2v) is 7.98. The van der Waals surface area contributed by atoms with Gasteiger partial charge in [-0.25, -0.2) is 0 Å². The van der Waals surface area contributed by atoms with Crippen LogP contribution in [0.15, 0.2) is 84.3 Å². The van der Waals surface area contributed by atoms with E-state index in [2.05, 4.69) is 23.7 Å². The first-order valence-electron chi connectivity index (χ1n) is 11.9. The van der Waals surface area contributed by atoms with E-state index in [9.17, 15) is 10.2 Å². The molecule has 2 unspecified atom stereocenters.